The van der Waals surface area contributed by atoms with Gasteiger partial charge in [-0.25, -0.2) is 5.48 Å². The predicted octanol–water partition coefficient (Wildman–Crippen LogP) is 2.50. The third kappa shape index (κ3) is 3.33. The van der Waals surface area contributed by atoms with E-state index < -0.39 is 0 Å². The maximum atomic E-state index is 11.9. The number of aryl methyl sites for hydroxylation is 1. The Morgan fingerprint density at radius 3 is 2.68 bits per heavy atom. The highest BCUT2D eigenvalue weighted by Gasteiger charge is 2.14. The zero-order chi connectivity index (χ0) is 13.8. The molecule has 0 aliphatic carbocycles. The summed E-state index contributed by atoms with van der Waals surface area (Å²) in [6.07, 6.45) is -0.242. The fraction of sp³-hybridized carbons (Fsp3) is 0.231. The van der Waals surface area contributed by atoms with Gasteiger partial charge in [0.15, 0.2) is 5.15 Å². The van der Waals surface area contributed by atoms with E-state index >= 15 is 0 Å². The van der Waals surface area contributed by atoms with Crippen molar-refractivity contribution in [3.05, 3.63) is 52.8 Å². The molecule has 1 unspecified atom stereocenters. The van der Waals surface area contributed by atoms with E-state index in [0.29, 0.717) is 5.69 Å². The molecule has 1 amide bonds. The Morgan fingerprint density at radius 1 is 1.42 bits per heavy atom. The minimum absolute atomic E-state index is 0.242. The van der Waals surface area contributed by atoms with Crippen LogP contribution < -0.4 is 5.48 Å². The van der Waals surface area contributed by atoms with Crippen molar-refractivity contribution in [2.45, 2.75) is 13.0 Å². The molecule has 0 aliphatic heterocycles. The van der Waals surface area contributed by atoms with Crippen LogP contribution in [0.4, 0.5) is 0 Å². The maximum Gasteiger partial charge on any atom is 0.293 e. The maximum absolute atomic E-state index is 11.9. The molecule has 100 valence electrons. The normalized spacial score (nSPS) is 12.2. The molecule has 1 atom stereocenters. The first-order chi connectivity index (χ1) is 9.08. The second-order valence-electron chi connectivity index (χ2n) is 4.08. The predicted molar refractivity (Wildman–Crippen MR) is 71.6 cm³/mol. The number of nitrogens with one attached hydrogen (secondary N) is 1. The second kappa shape index (κ2) is 5.86. The Hall–Kier alpha value is -1.85. The van der Waals surface area contributed by atoms with E-state index in [1.165, 1.54) is 10.7 Å². The van der Waals surface area contributed by atoms with Crippen molar-refractivity contribution in [3.63, 3.8) is 0 Å². The summed E-state index contributed by atoms with van der Waals surface area (Å²) in [5.74, 6) is -0.385. The Labute approximate surface area is 116 Å². The minimum Gasteiger partial charge on any atom is -0.266 e. The van der Waals surface area contributed by atoms with Gasteiger partial charge in [-0.15, -0.1) is 0 Å². The van der Waals surface area contributed by atoms with Crippen LogP contribution in [-0.2, 0) is 11.9 Å². The van der Waals surface area contributed by atoms with Gasteiger partial charge < -0.3 is 0 Å². The highest BCUT2D eigenvalue weighted by molar-refractivity contribution is 6.29. The van der Waals surface area contributed by atoms with E-state index in [1.807, 2.05) is 37.3 Å². The largest absolute Gasteiger partial charge is 0.293 e. The van der Waals surface area contributed by atoms with Crippen LogP contribution >= 0.6 is 11.6 Å². The van der Waals surface area contributed by atoms with Crippen LogP contribution in [0.3, 0.4) is 0 Å². The molecular formula is C13H14ClN3O2. The van der Waals surface area contributed by atoms with Crippen molar-refractivity contribution in [2.24, 2.45) is 7.05 Å². The lowest BCUT2D eigenvalue weighted by atomic mass is 10.1. The minimum atomic E-state index is -0.385. The van der Waals surface area contributed by atoms with E-state index in [2.05, 4.69) is 10.6 Å². The number of aromatic nitrogens is 2. The molecule has 19 heavy (non-hydrogen) atoms. The standard InChI is InChI=1S/C13H14ClN3O2/c1-9(10-6-4-3-5-7-10)19-16-13(18)11-8-12(14)15-17(11)2/h3-9H,1-2H3,(H,16,18). The van der Waals surface area contributed by atoms with Crippen LogP contribution in [0.2, 0.25) is 5.15 Å². The smallest absolute Gasteiger partial charge is 0.266 e. The van der Waals surface area contributed by atoms with E-state index in [9.17, 15) is 4.79 Å². The zero-order valence-corrected chi connectivity index (χ0v) is 11.4. The second-order valence-corrected chi connectivity index (χ2v) is 4.47. The number of hydrogen-bond acceptors (Lipinski definition) is 3. The van der Waals surface area contributed by atoms with Gasteiger partial charge in [-0.1, -0.05) is 41.9 Å². The fourth-order valence-electron chi connectivity index (χ4n) is 1.63. The molecule has 0 bridgehead atoms. The lowest BCUT2D eigenvalue weighted by Gasteiger charge is -2.13. The first kappa shape index (κ1) is 13.6. The number of amides is 1. The van der Waals surface area contributed by atoms with Crippen molar-refractivity contribution in [3.8, 4) is 0 Å². The van der Waals surface area contributed by atoms with Crippen molar-refractivity contribution >= 4 is 17.5 Å². The van der Waals surface area contributed by atoms with Crippen molar-refractivity contribution in [1.29, 1.82) is 0 Å². The zero-order valence-electron chi connectivity index (χ0n) is 10.6. The molecule has 2 rings (SSSR count). The quantitative estimate of drug-likeness (QED) is 0.875. The number of nitrogens with zero attached hydrogens (tertiary/aromatic N) is 2. The number of hydroxylamine groups is 1. The molecule has 0 saturated carbocycles. The van der Waals surface area contributed by atoms with E-state index in [4.69, 9.17) is 16.4 Å². The van der Waals surface area contributed by atoms with Gasteiger partial charge in [-0.05, 0) is 12.5 Å². The molecule has 1 aromatic heterocycles. The van der Waals surface area contributed by atoms with Crippen LogP contribution in [0.5, 0.6) is 0 Å². The third-order valence-electron chi connectivity index (χ3n) is 2.68. The van der Waals surface area contributed by atoms with Gasteiger partial charge in [0.25, 0.3) is 5.91 Å². The summed E-state index contributed by atoms with van der Waals surface area (Å²) in [7, 11) is 1.64. The van der Waals surface area contributed by atoms with Gasteiger partial charge in [0.1, 0.15) is 11.8 Å². The monoisotopic (exact) mass is 279 g/mol. The van der Waals surface area contributed by atoms with Gasteiger partial charge in [0.2, 0.25) is 0 Å². The van der Waals surface area contributed by atoms with Gasteiger partial charge in [0, 0.05) is 13.1 Å². The molecule has 0 spiro atoms. The third-order valence-corrected chi connectivity index (χ3v) is 2.86. The summed E-state index contributed by atoms with van der Waals surface area (Å²) in [6, 6.07) is 11.1. The Kier molecular flexibility index (Phi) is 4.19. The molecule has 0 saturated heterocycles. The van der Waals surface area contributed by atoms with Gasteiger partial charge >= 0.3 is 0 Å². The SMILES string of the molecule is CC(ONC(=O)c1cc(Cl)nn1C)c1ccccc1. The highest BCUT2D eigenvalue weighted by atomic mass is 35.5. The first-order valence-electron chi connectivity index (χ1n) is 5.78. The number of benzene rings is 1. The Bertz CT molecular complexity index is 569. The molecule has 5 nitrogen and oxygen atoms in total. The summed E-state index contributed by atoms with van der Waals surface area (Å²) < 4.78 is 1.40. The topological polar surface area (TPSA) is 56.1 Å². The van der Waals surface area contributed by atoms with E-state index in [1.54, 1.807) is 7.05 Å². The molecular weight excluding hydrogens is 266 g/mol. The molecule has 1 N–H and O–H groups in total. The number of hydrogen-bond donors (Lipinski definition) is 1. The summed E-state index contributed by atoms with van der Waals surface area (Å²) in [5, 5.41) is 4.15. The number of carbonyl (C=O) groups is 1. The van der Waals surface area contributed by atoms with Gasteiger partial charge in [0.05, 0.1) is 0 Å². The first-order valence-corrected chi connectivity index (χ1v) is 6.16. The van der Waals surface area contributed by atoms with Crippen LogP contribution in [0.15, 0.2) is 36.4 Å². The summed E-state index contributed by atoms with van der Waals surface area (Å²) in [4.78, 5) is 17.2. The van der Waals surface area contributed by atoms with E-state index in [-0.39, 0.29) is 17.2 Å². The Balaban J connectivity index is 1.96. The van der Waals surface area contributed by atoms with Gasteiger partial charge in [-0.2, -0.15) is 5.10 Å². The van der Waals surface area contributed by atoms with Crippen LogP contribution in [0.1, 0.15) is 29.1 Å². The Morgan fingerprint density at radius 2 is 2.11 bits per heavy atom. The molecule has 2 aromatic rings. The van der Waals surface area contributed by atoms with Crippen LogP contribution in [0.25, 0.3) is 0 Å². The number of rotatable bonds is 4. The molecule has 0 aliphatic rings. The van der Waals surface area contributed by atoms with E-state index in [0.717, 1.165) is 5.56 Å². The van der Waals surface area contributed by atoms with Crippen LogP contribution in [0, 0.1) is 0 Å². The highest BCUT2D eigenvalue weighted by Crippen LogP contribution is 2.15. The molecule has 6 heteroatoms. The van der Waals surface area contributed by atoms with Crippen molar-refractivity contribution in [1.82, 2.24) is 15.3 Å². The lowest BCUT2D eigenvalue weighted by molar-refractivity contribution is -0.00945. The average Bonchev–Trinajstić information content (AvgIpc) is 2.75. The molecule has 1 aromatic carbocycles. The lowest BCUT2D eigenvalue weighted by Crippen LogP contribution is -2.27. The van der Waals surface area contributed by atoms with Crippen molar-refractivity contribution < 1.29 is 9.63 Å². The summed E-state index contributed by atoms with van der Waals surface area (Å²) >= 11 is 5.72. The molecule has 0 radical (unpaired) electrons. The van der Waals surface area contributed by atoms with Gasteiger partial charge in [-0.3, -0.25) is 14.3 Å². The summed E-state index contributed by atoms with van der Waals surface area (Å²) in [6.45, 7) is 1.85. The van der Waals surface area contributed by atoms with Crippen LogP contribution in [-0.4, -0.2) is 15.7 Å². The number of halogens is 1. The summed E-state index contributed by atoms with van der Waals surface area (Å²) in [5.41, 5.74) is 3.71. The molecule has 1 heterocycles. The number of carbonyl (C=O) groups excluding carboxylic acids is 1. The van der Waals surface area contributed by atoms with Crippen molar-refractivity contribution in [2.75, 3.05) is 0 Å². The molecule has 0 fully saturated rings. The fourth-order valence-corrected chi connectivity index (χ4v) is 1.85. The average molecular weight is 280 g/mol.